The molecule has 0 spiro atoms. The Morgan fingerprint density at radius 2 is 1.41 bits per heavy atom. The van der Waals surface area contributed by atoms with E-state index in [4.69, 9.17) is 0 Å². The molecule has 2 nitrogen and oxygen atoms in total. The van der Waals surface area contributed by atoms with E-state index in [0.717, 1.165) is 5.56 Å². The van der Waals surface area contributed by atoms with Gasteiger partial charge in [0, 0.05) is 5.54 Å². The molecule has 1 rings (SSSR count). The van der Waals surface area contributed by atoms with Crippen LogP contribution in [0.25, 0.3) is 0 Å². The molecule has 0 bridgehead atoms. The molecule has 0 aliphatic carbocycles. The van der Waals surface area contributed by atoms with Gasteiger partial charge in [-0.2, -0.15) is 0 Å². The van der Waals surface area contributed by atoms with E-state index in [2.05, 4.69) is 20.8 Å². The van der Waals surface area contributed by atoms with Gasteiger partial charge < -0.3 is 0 Å². The lowest BCUT2D eigenvalue weighted by Gasteiger charge is -2.41. The fraction of sp³-hybridized carbons (Fsp3) is 0.600. The summed E-state index contributed by atoms with van der Waals surface area (Å²) in [6, 6.07) is 9.91. The fourth-order valence-corrected chi connectivity index (χ4v) is 2.01. The molecule has 95 valence electrons. The van der Waals surface area contributed by atoms with E-state index in [1.807, 2.05) is 51.1 Å². The van der Waals surface area contributed by atoms with Gasteiger partial charge in [0.1, 0.15) is 0 Å². The van der Waals surface area contributed by atoms with Crippen LogP contribution in [0.1, 0.15) is 53.1 Å². The van der Waals surface area contributed by atoms with Gasteiger partial charge in [-0.25, -0.2) is 0 Å². The fourth-order valence-electron chi connectivity index (χ4n) is 2.01. The number of nitrogens with zero attached hydrogens (tertiary/aromatic N) is 1. The van der Waals surface area contributed by atoms with Crippen molar-refractivity contribution < 1.29 is 5.21 Å². The molecule has 1 aromatic carbocycles. The van der Waals surface area contributed by atoms with Gasteiger partial charge in [0.2, 0.25) is 0 Å². The van der Waals surface area contributed by atoms with Crippen LogP contribution in [0.15, 0.2) is 30.3 Å². The van der Waals surface area contributed by atoms with Crippen LogP contribution in [0.3, 0.4) is 0 Å². The van der Waals surface area contributed by atoms with Crippen molar-refractivity contribution in [3.8, 4) is 0 Å². The van der Waals surface area contributed by atoms with Crippen LogP contribution in [0.2, 0.25) is 0 Å². The lowest BCUT2D eigenvalue weighted by Crippen LogP contribution is -2.45. The quantitative estimate of drug-likeness (QED) is 0.703. The van der Waals surface area contributed by atoms with Crippen LogP contribution >= 0.6 is 0 Å². The summed E-state index contributed by atoms with van der Waals surface area (Å²) < 4.78 is 0. The molecule has 1 aromatic rings. The topological polar surface area (TPSA) is 23.1 Å². The van der Waals surface area contributed by atoms with Crippen LogP contribution in [0, 0.1) is 5.41 Å². The highest BCUT2D eigenvalue weighted by Crippen LogP contribution is 2.40. The summed E-state index contributed by atoms with van der Waals surface area (Å²) in [6.45, 7) is 12.2. The predicted octanol–water partition coefficient (Wildman–Crippen LogP) is 4.22. The van der Waals surface area contributed by atoms with Crippen molar-refractivity contribution in [2.75, 3.05) is 0 Å². The largest absolute Gasteiger partial charge is 0.142 e. The summed E-state index contributed by atoms with van der Waals surface area (Å²) in [5, 5.41) is 13.8. The molecule has 0 fully saturated rings. The van der Waals surface area contributed by atoms with Crippen LogP contribution < -0.4 is 0 Å². The van der Waals surface area contributed by atoms with Gasteiger partial charge in [-0.3, -0.25) is 0 Å². The highest BCUT2D eigenvalue weighted by molar-refractivity contribution is 5.21. The molecule has 0 saturated carbocycles. The van der Waals surface area contributed by atoms with E-state index in [9.17, 15) is 5.21 Å². The molecule has 0 aliphatic rings. The third-order valence-corrected chi connectivity index (χ3v) is 2.83. The molecule has 1 radical (unpaired) electrons. The molecule has 0 amide bonds. The second kappa shape index (κ2) is 4.79. The van der Waals surface area contributed by atoms with Gasteiger partial charge >= 0.3 is 0 Å². The maximum absolute atomic E-state index is 12.5. The first-order chi connectivity index (χ1) is 7.64. The summed E-state index contributed by atoms with van der Waals surface area (Å²) in [7, 11) is 0. The number of rotatable bonds is 2. The highest BCUT2D eigenvalue weighted by atomic mass is 16.5. The maximum atomic E-state index is 12.5. The second-order valence-corrected chi connectivity index (χ2v) is 6.68. The van der Waals surface area contributed by atoms with E-state index >= 15 is 0 Å². The minimum atomic E-state index is -0.381. The van der Waals surface area contributed by atoms with Crippen LogP contribution in [-0.4, -0.2) is 10.6 Å². The first kappa shape index (κ1) is 14.2. The normalized spacial score (nSPS) is 15.1. The van der Waals surface area contributed by atoms with Crippen molar-refractivity contribution in [3.63, 3.8) is 0 Å². The first-order valence-corrected chi connectivity index (χ1v) is 6.15. The Hall–Kier alpha value is -0.860. The third kappa shape index (κ3) is 3.55. The average Bonchev–Trinajstić information content (AvgIpc) is 2.15. The van der Waals surface area contributed by atoms with Crippen molar-refractivity contribution in [2.24, 2.45) is 5.41 Å². The number of hydroxylamine groups is 2. The Kier molecular flexibility index (Phi) is 4.00. The predicted molar refractivity (Wildman–Crippen MR) is 70.9 cm³/mol. The molecule has 0 N–H and O–H groups in total. The zero-order valence-corrected chi connectivity index (χ0v) is 11.8. The molecular formula is C15H24NO. The molecule has 0 aliphatic heterocycles. The third-order valence-electron chi connectivity index (χ3n) is 2.83. The highest BCUT2D eigenvalue weighted by Gasteiger charge is 2.37. The molecular weight excluding hydrogens is 210 g/mol. The Bertz CT molecular complexity index is 345. The van der Waals surface area contributed by atoms with Crippen molar-refractivity contribution in [1.29, 1.82) is 0 Å². The Balaban J connectivity index is 3.15. The summed E-state index contributed by atoms with van der Waals surface area (Å²) in [6.07, 6.45) is 0. The van der Waals surface area contributed by atoms with Gasteiger partial charge in [-0.1, -0.05) is 51.1 Å². The van der Waals surface area contributed by atoms with E-state index in [1.54, 1.807) is 0 Å². The average molecular weight is 234 g/mol. The summed E-state index contributed by atoms with van der Waals surface area (Å²) in [5.41, 5.74) is 0.620. The van der Waals surface area contributed by atoms with Crippen molar-refractivity contribution in [3.05, 3.63) is 35.9 Å². The molecule has 0 heterocycles. The number of benzene rings is 1. The Morgan fingerprint density at radius 1 is 0.941 bits per heavy atom. The lowest BCUT2D eigenvalue weighted by molar-refractivity contribution is -0.260. The standard InChI is InChI=1S/C15H24NO/c1-14(2,3)13(16(17)15(4,5)6)12-10-8-7-9-11-12/h7-11,13H,1-6H3/t13-/m0/s1. The van der Waals surface area contributed by atoms with E-state index < -0.39 is 0 Å². The number of hydrogen-bond acceptors (Lipinski definition) is 1. The van der Waals surface area contributed by atoms with E-state index in [-0.39, 0.29) is 17.0 Å². The molecule has 1 atom stereocenters. The first-order valence-electron chi connectivity index (χ1n) is 6.15. The molecule has 0 saturated heterocycles. The smallest absolute Gasteiger partial charge is 0.0687 e. The zero-order valence-electron chi connectivity index (χ0n) is 11.8. The van der Waals surface area contributed by atoms with Gasteiger partial charge in [0.15, 0.2) is 0 Å². The SMILES string of the molecule is CC(C)(C)[C@H](c1ccccc1)N([O])C(C)(C)C. The molecule has 2 heteroatoms. The molecule has 0 aromatic heterocycles. The van der Waals surface area contributed by atoms with Gasteiger partial charge in [-0.15, -0.1) is 10.3 Å². The monoisotopic (exact) mass is 234 g/mol. The number of hydrogen-bond donors (Lipinski definition) is 0. The van der Waals surface area contributed by atoms with E-state index in [1.165, 1.54) is 5.06 Å². The minimum Gasteiger partial charge on any atom is -0.142 e. The summed E-state index contributed by atoms with van der Waals surface area (Å²) in [4.78, 5) is 0. The molecule has 17 heavy (non-hydrogen) atoms. The van der Waals surface area contributed by atoms with Gasteiger partial charge in [0.05, 0.1) is 6.04 Å². The van der Waals surface area contributed by atoms with Crippen molar-refractivity contribution in [2.45, 2.75) is 53.1 Å². The van der Waals surface area contributed by atoms with Gasteiger partial charge in [0.25, 0.3) is 0 Å². The minimum absolute atomic E-state index is 0.0869. The van der Waals surface area contributed by atoms with Crippen molar-refractivity contribution in [1.82, 2.24) is 5.06 Å². The Morgan fingerprint density at radius 3 is 1.76 bits per heavy atom. The van der Waals surface area contributed by atoms with E-state index in [0.29, 0.717) is 0 Å². The maximum Gasteiger partial charge on any atom is 0.0687 e. The zero-order chi connectivity index (χ0) is 13.3. The van der Waals surface area contributed by atoms with Crippen LogP contribution in [0.5, 0.6) is 0 Å². The second-order valence-electron chi connectivity index (χ2n) is 6.68. The summed E-state index contributed by atoms with van der Waals surface area (Å²) >= 11 is 0. The summed E-state index contributed by atoms with van der Waals surface area (Å²) in [5.74, 6) is 0. The molecule has 0 unspecified atom stereocenters. The van der Waals surface area contributed by atoms with Crippen molar-refractivity contribution >= 4 is 0 Å². The van der Waals surface area contributed by atoms with Gasteiger partial charge in [-0.05, 0) is 31.7 Å². The lowest BCUT2D eigenvalue weighted by atomic mass is 9.80. The van der Waals surface area contributed by atoms with Crippen LogP contribution in [0.4, 0.5) is 0 Å². The van der Waals surface area contributed by atoms with Crippen LogP contribution in [-0.2, 0) is 5.21 Å². The Labute approximate surface area is 105 Å².